The Morgan fingerprint density at radius 2 is 1.71 bits per heavy atom. The molecule has 0 saturated carbocycles. The van der Waals surface area contributed by atoms with Crippen LogP contribution in [0.5, 0.6) is 0 Å². The van der Waals surface area contributed by atoms with Crippen molar-refractivity contribution >= 4 is 11.0 Å². The van der Waals surface area contributed by atoms with E-state index >= 15 is 0 Å². The van der Waals surface area contributed by atoms with Gasteiger partial charge in [0.25, 0.3) is 0 Å². The van der Waals surface area contributed by atoms with Crippen LogP contribution in [0, 0.1) is 0 Å². The molecule has 17 heavy (non-hydrogen) atoms. The molecule has 2 aromatic heterocycles. The van der Waals surface area contributed by atoms with Crippen molar-refractivity contribution in [1.82, 2.24) is 20.0 Å². The highest BCUT2D eigenvalue weighted by molar-refractivity contribution is 5.77. The maximum Gasteiger partial charge on any atom is 0.135 e. The van der Waals surface area contributed by atoms with Gasteiger partial charge in [-0.1, -0.05) is 26.0 Å². The van der Waals surface area contributed by atoms with E-state index in [2.05, 4.69) is 56.8 Å². The van der Waals surface area contributed by atoms with Crippen molar-refractivity contribution in [3.63, 3.8) is 0 Å². The van der Waals surface area contributed by atoms with Gasteiger partial charge in [0.15, 0.2) is 0 Å². The first-order valence-electron chi connectivity index (χ1n) is 5.92. The zero-order valence-electron chi connectivity index (χ0n) is 11.4. The van der Waals surface area contributed by atoms with Gasteiger partial charge in [-0.05, 0) is 26.8 Å². The summed E-state index contributed by atoms with van der Waals surface area (Å²) in [7, 11) is 0. The van der Waals surface area contributed by atoms with E-state index in [1.165, 1.54) is 0 Å². The van der Waals surface area contributed by atoms with Crippen LogP contribution in [0.3, 0.4) is 0 Å². The number of fused-ring (bicyclic) bond motifs is 1. The summed E-state index contributed by atoms with van der Waals surface area (Å²) in [5.74, 6) is 0. The monoisotopic (exact) mass is 232 g/mol. The fourth-order valence-corrected chi connectivity index (χ4v) is 1.90. The lowest BCUT2D eigenvalue weighted by Gasteiger charge is -2.20. The van der Waals surface area contributed by atoms with Gasteiger partial charge in [-0.2, -0.15) is 0 Å². The Bertz CT molecular complexity index is 541. The third-order valence-electron chi connectivity index (χ3n) is 2.71. The van der Waals surface area contributed by atoms with Gasteiger partial charge < -0.3 is 0 Å². The highest BCUT2D eigenvalue weighted by atomic mass is 15.4. The van der Waals surface area contributed by atoms with Gasteiger partial charge in [0.05, 0.1) is 16.7 Å². The predicted octanol–water partition coefficient (Wildman–Crippen LogP) is 2.88. The van der Waals surface area contributed by atoms with Gasteiger partial charge in [0, 0.05) is 11.6 Å². The van der Waals surface area contributed by atoms with Crippen LogP contribution in [0.25, 0.3) is 11.0 Å². The Hall–Kier alpha value is -1.45. The van der Waals surface area contributed by atoms with Crippen LogP contribution in [0.15, 0.2) is 12.3 Å². The number of rotatable bonds is 0. The molecule has 2 aromatic rings. The summed E-state index contributed by atoms with van der Waals surface area (Å²) in [6.07, 6.45) is 1.84. The quantitative estimate of drug-likeness (QED) is 0.701. The molecular weight excluding hydrogens is 212 g/mol. The zero-order valence-corrected chi connectivity index (χ0v) is 11.4. The zero-order chi connectivity index (χ0) is 12.8. The molecule has 0 aliphatic rings. The highest BCUT2D eigenvalue weighted by Gasteiger charge is 2.24. The van der Waals surface area contributed by atoms with Crippen molar-refractivity contribution in [3.05, 3.63) is 18.0 Å². The van der Waals surface area contributed by atoms with E-state index in [4.69, 9.17) is 0 Å². The van der Waals surface area contributed by atoms with E-state index in [0.29, 0.717) is 0 Å². The van der Waals surface area contributed by atoms with Gasteiger partial charge in [-0.15, -0.1) is 5.10 Å². The molecule has 0 aliphatic heterocycles. The second kappa shape index (κ2) is 3.52. The third-order valence-corrected chi connectivity index (χ3v) is 2.71. The summed E-state index contributed by atoms with van der Waals surface area (Å²) in [6, 6.07) is 1.98. The minimum atomic E-state index is -0.0642. The molecule has 0 amide bonds. The number of nitrogens with zero attached hydrogens (tertiary/aromatic N) is 4. The number of pyridine rings is 1. The van der Waals surface area contributed by atoms with Gasteiger partial charge in [0.2, 0.25) is 0 Å². The Morgan fingerprint density at radius 1 is 1.06 bits per heavy atom. The van der Waals surface area contributed by atoms with Crippen LogP contribution in [-0.2, 0) is 11.0 Å². The van der Waals surface area contributed by atoms with Crippen molar-refractivity contribution in [2.24, 2.45) is 0 Å². The largest absolute Gasteiger partial charge is 0.258 e. The van der Waals surface area contributed by atoms with Gasteiger partial charge in [0.1, 0.15) is 5.52 Å². The lowest BCUT2D eigenvalue weighted by atomic mass is 9.91. The smallest absolute Gasteiger partial charge is 0.135 e. The maximum absolute atomic E-state index is 4.46. The molecule has 4 heteroatoms. The van der Waals surface area contributed by atoms with E-state index in [0.717, 1.165) is 16.7 Å². The Balaban J connectivity index is 2.74. The van der Waals surface area contributed by atoms with Crippen molar-refractivity contribution < 1.29 is 0 Å². The lowest BCUT2D eigenvalue weighted by Crippen LogP contribution is -2.23. The normalized spacial score (nSPS) is 13.3. The van der Waals surface area contributed by atoms with Crippen molar-refractivity contribution in [2.45, 2.75) is 52.5 Å². The molecule has 0 bridgehead atoms. The molecule has 92 valence electrons. The summed E-state index contributed by atoms with van der Waals surface area (Å²) in [4.78, 5) is 4.46. The molecular formula is C13H20N4. The van der Waals surface area contributed by atoms with E-state index in [1.54, 1.807) is 0 Å². The van der Waals surface area contributed by atoms with Crippen LogP contribution < -0.4 is 0 Å². The molecule has 0 atom stereocenters. The summed E-state index contributed by atoms with van der Waals surface area (Å²) in [6.45, 7) is 12.8. The van der Waals surface area contributed by atoms with Gasteiger partial charge in [-0.25, -0.2) is 4.68 Å². The summed E-state index contributed by atoms with van der Waals surface area (Å²) in [5.41, 5.74) is 2.89. The number of hydrogen-bond donors (Lipinski definition) is 0. The molecule has 4 nitrogen and oxygen atoms in total. The molecule has 0 saturated heterocycles. The summed E-state index contributed by atoms with van der Waals surface area (Å²) in [5, 5.41) is 8.57. The molecule has 0 fully saturated rings. The van der Waals surface area contributed by atoms with Crippen LogP contribution in [0.2, 0.25) is 0 Å². The molecule has 0 N–H and O–H groups in total. The molecule has 2 rings (SSSR count). The van der Waals surface area contributed by atoms with Crippen molar-refractivity contribution in [3.8, 4) is 0 Å². The predicted molar refractivity (Wildman–Crippen MR) is 69.0 cm³/mol. The van der Waals surface area contributed by atoms with Gasteiger partial charge >= 0.3 is 0 Å². The molecule has 0 aromatic carbocycles. The molecule has 2 heterocycles. The van der Waals surface area contributed by atoms with Crippen molar-refractivity contribution in [1.29, 1.82) is 0 Å². The third kappa shape index (κ3) is 2.04. The number of hydrogen-bond acceptors (Lipinski definition) is 3. The van der Waals surface area contributed by atoms with Crippen LogP contribution in [0.4, 0.5) is 0 Å². The van der Waals surface area contributed by atoms with E-state index in [-0.39, 0.29) is 11.0 Å². The summed E-state index contributed by atoms with van der Waals surface area (Å²) < 4.78 is 1.96. The fraction of sp³-hybridized carbons (Fsp3) is 0.615. The summed E-state index contributed by atoms with van der Waals surface area (Å²) >= 11 is 0. The minimum absolute atomic E-state index is 0.0156. The number of aromatic nitrogens is 4. The second-order valence-electron chi connectivity index (χ2n) is 6.45. The molecule has 0 unspecified atom stereocenters. The average Bonchev–Trinajstić information content (AvgIpc) is 2.57. The molecule has 0 aliphatic carbocycles. The Kier molecular flexibility index (Phi) is 2.49. The van der Waals surface area contributed by atoms with Crippen LogP contribution >= 0.6 is 0 Å². The first-order valence-corrected chi connectivity index (χ1v) is 5.92. The second-order valence-corrected chi connectivity index (χ2v) is 6.45. The van der Waals surface area contributed by atoms with Crippen LogP contribution in [0.1, 0.15) is 47.2 Å². The van der Waals surface area contributed by atoms with Crippen molar-refractivity contribution in [2.75, 3.05) is 0 Å². The Morgan fingerprint density at radius 3 is 2.24 bits per heavy atom. The molecule has 0 radical (unpaired) electrons. The van der Waals surface area contributed by atoms with E-state index < -0.39 is 0 Å². The first kappa shape index (κ1) is 12.0. The average molecular weight is 232 g/mol. The fourth-order valence-electron chi connectivity index (χ4n) is 1.90. The maximum atomic E-state index is 4.46. The molecule has 0 spiro atoms. The van der Waals surface area contributed by atoms with E-state index in [9.17, 15) is 0 Å². The lowest BCUT2D eigenvalue weighted by molar-refractivity contribution is 0.358. The Labute approximate surface area is 102 Å². The highest BCUT2D eigenvalue weighted by Crippen LogP contribution is 2.28. The van der Waals surface area contributed by atoms with E-state index in [1.807, 2.05) is 16.9 Å². The van der Waals surface area contributed by atoms with Gasteiger partial charge in [-0.3, -0.25) is 4.98 Å². The minimum Gasteiger partial charge on any atom is -0.258 e. The van der Waals surface area contributed by atoms with Crippen LogP contribution in [-0.4, -0.2) is 20.0 Å². The first-order chi connectivity index (χ1) is 7.71. The topological polar surface area (TPSA) is 43.6 Å². The SMILES string of the molecule is CC(C)(C)c1nccc2c1nnn2C(C)(C)C. The standard InChI is InChI=1S/C13H20N4/c1-12(2,3)11-10-9(7-8-14-11)17(16-15-10)13(4,5)6/h7-8H,1-6H3.